The van der Waals surface area contributed by atoms with Gasteiger partial charge in [0.2, 0.25) is 11.8 Å². The van der Waals surface area contributed by atoms with Crippen molar-refractivity contribution in [1.29, 1.82) is 0 Å². The maximum Gasteiger partial charge on any atom is 0.217 e. The van der Waals surface area contributed by atoms with E-state index in [2.05, 4.69) is 9.97 Å². The third-order valence-corrected chi connectivity index (χ3v) is 0.638. The SMILES string of the molecule is O[13c]1[13cH][13c](O)ncn1. The van der Waals surface area contributed by atoms with Crippen LogP contribution >= 0.6 is 0 Å². The molecule has 0 aliphatic heterocycles. The molecule has 0 amide bonds. The van der Waals surface area contributed by atoms with Crippen molar-refractivity contribution >= 4 is 0 Å². The number of rotatable bonds is 0. The molecule has 0 bridgehead atoms. The largest absolute Gasteiger partial charge is 0.493 e. The van der Waals surface area contributed by atoms with Crippen molar-refractivity contribution in [2.75, 3.05) is 0 Å². The van der Waals surface area contributed by atoms with Crippen LogP contribution in [0.4, 0.5) is 0 Å². The quantitative estimate of drug-likeness (QED) is 0.495. The number of hydrogen-bond acceptors (Lipinski definition) is 4. The van der Waals surface area contributed by atoms with E-state index in [-0.39, 0.29) is 11.8 Å². The van der Waals surface area contributed by atoms with Crippen molar-refractivity contribution < 1.29 is 10.2 Å². The standard InChI is InChI=1S/C4H4N2O2/c7-3-1-4(8)6-2-5-3/h1-2H,(H2,5,6,7,8)/i1+1,3+1,4+1. The average molecular weight is 115 g/mol. The fraction of sp³-hybridized carbons (Fsp3) is 0. The molecule has 1 rings (SSSR count). The number of hydrogen-bond donors (Lipinski definition) is 2. The molecule has 0 saturated heterocycles. The Morgan fingerprint density at radius 2 is 1.62 bits per heavy atom. The predicted octanol–water partition coefficient (Wildman–Crippen LogP) is -0.112. The van der Waals surface area contributed by atoms with Gasteiger partial charge in [-0.3, -0.25) is 0 Å². The van der Waals surface area contributed by atoms with E-state index in [4.69, 9.17) is 10.2 Å². The molecule has 0 aromatic carbocycles. The molecule has 1 heterocycles. The van der Waals surface area contributed by atoms with Crippen LogP contribution in [0.2, 0.25) is 0 Å². The van der Waals surface area contributed by atoms with E-state index in [1.807, 2.05) is 0 Å². The molecule has 0 atom stereocenters. The summed E-state index contributed by atoms with van der Waals surface area (Å²) in [6.45, 7) is 0. The lowest BCUT2D eigenvalue weighted by atomic mass is 11.3. The van der Waals surface area contributed by atoms with E-state index in [9.17, 15) is 0 Å². The molecule has 4 heteroatoms. The van der Waals surface area contributed by atoms with Gasteiger partial charge in [-0.1, -0.05) is 0 Å². The van der Waals surface area contributed by atoms with Crippen molar-refractivity contribution in [1.82, 2.24) is 9.97 Å². The van der Waals surface area contributed by atoms with Gasteiger partial charge in [-0.15, -0.1) is 0 Å². The van der Waals surface area contributed by atoms with E-state index in [0.717, 1.165) is 12.4 Å². The number of nitrogens with zero attached hydrogens (tertiary/aromatic N) is 2. The van der Waals surface area contributed by atoms with Crippen molar-refractivity contribution in [3.8, 4) is 11.8 Å². The highest BCUT2D eigenvalue weighted by Crippen LogP contribution is 2.07. The van der Waals surface area contributed by atoms with Gasteiger partial charge in [-0.2, -0.15) is 0 Å². The maximum atomic E-state index is 8.50. The minimum absolute atomic E-state index is 0.225. The van der Waals surface area contributed by atoms with Crippen molar-refractivity contribution in [3.05, 3.63) is 12.4 Å². The minimum atomic E-state index is -0.225. The van der Waals surface area contributed by atoms with Crippen LogP contribution in [0.1, 0.15) is 0 Å². The lowest BCUT2D eigenvalue weighted by molar-refractivity contribution is 0.421. The van der Waals surface area contributed by atoms with Gasteiger partial charge in [0.1, 0.15) is 6.33 Å². The smallest absolute Gasteiger partial charge is 0.217 e. The number of aromatic hydroxyl groups is 2. The lowest BCUT2D eigenvalue weighted by Crippen LogP contribution is -1.75. The molecular formula is C4H4N2O2. The summed E-state index contributed by atoms with van der Waals surface area (Å²) in [7, 11) is 0. The molecule has 0 aliphatic rings. The van der Waals surface area contributed by atoms with Crippen LogP contribution in [0.25, 0.3) is 0 Å². The van der Waals surface area contributed by atoms with Crippen molar-refractivity contribution in [2.45, 2.75) is 0 Å². The lowest BCUT2D eigenvalue weighted by Gasteiger charge is -1.87. The average Bonchev–Trinajstić information content (AvgIpc) is 1.64. The van der Waals surface area contributed by atoms with Gasteiger partial charge in [-0.05, 0) is 0 Å². The maximum absolute atomic E-state index is 8.50. The van der Waals surface area contributed by atoms with Crippen LogP contribution in [-0.2, 0) is 0 Å². The normalized spacial score (nSPS) is 9.00. The second kappa shape index (κ2) is 1.65. The van der Waals surface area contributed by atoms with E-state index < -0.39 is 0 Å². The van der Waals surface area contributed by atoms with Crippen LogP contribution in [0.5, 0.6) is 11.8 Å². The molecule has 2 N–H and O–H groups in total. The topological polar surface area (TPSA) is 66.2 Å². The Balaban J connectivity index is 3.08. The zero-order chi connectivity index (χ0) is 5.98. The van der Waals surface area contributed by atoms with Gasteiger partial charge >= 0.3 is 0 Å². The molecule has 42 valence electrons. The minimum Gasteiger partial charge on any atom is -0.493 e. The van der Waals surface area contributed by atoms with Gasteiger partial charge < -0.3 is 10.2 Å². The van der Waals surface area contributed by atoms with Gasteiger partial charge in [0.25, 0.3) is 0 Å². The Bertz CT molecular complexity index is 172. The Kier molecular flexibility index (Phi) is 0.997. The number of aromatic nitrogens is 2. The molecule has 4 nitrogen and oxygen atoms in total. The van der Waals surface area contributed by atoms with Crippen LogP contribution in [0.15, 0.2) is 12.4 Å². The molecule has 0 radical (unpaired) electrons. The fourth-order valence-corrected chi connectivity index (χ4v) is 0.337. The molecule has 1 aromatic rings. The predicted molar refractivity (Wildman–Crippen MR) is 25.4 cm³/mol. The first-order valence-electron chi connectivity index (χ1n) is 1.99. The third-order valence-electron chi connectivity index (χ3n) is 0.638. The van der Waals surface area contributed by atoms with Crippen LogP contribution in [0, 0.1) is 0 Å². The van der Waals surface area contributed by atoms with Crippen molar-refractivity contribution in [2.24, 2.45) is 0 Å². The highest BCUT2D eigenvalue weighted by atomic mass is 16.4. The van der Waals surface area contributed by atoms with E-state index in [1.165, 1.54) is 0 Å². The van der Waals surface area contributed by atoms with E-state index in [1.54, 1.807) is 0 Å². The van der Waals surface area contributed by atoms with Gasteiger partial charge in [0, 0.05) is 0 Å². The summed E-state index contributed by atoms with van der Waals surface area (Å²) in [6.07, 6.45) is 1.07. The molecular weight excluding hydrogens is 111 g/mol. The molecule has 0 aliphatic carbocycles. The van der Waals surface area contributed by atoms with Crippen LogP contribution < -0.4 is 0 Å². The Hall–Kier alpha value is -1.32. The second-order valence-corrected chi connectivity index (χ2v) is 1.23. The molecule has 0 spiro atoms. The van der Waals surface area contributed by atoms with E-state index in [0.29, 0.717) is 0 Å². The van der Waals surface area contributed by atoms with Gasteiger partial charge in [0.05, 0.1) is 6.07 Å². The molecule has 0 saturated carbocycles. The molecule has 1 aromatic heterocycles. The van der Waals surface area contributed by atoms with Gasteiger partial charge in [0.15, 0.2) is 0 Å². The third kappa shape index (κ3) is 0.841. The van der Waals surface area contributed by atoms with Crippen molar-refractivity contribution in [3.63, 3.8) is 0 Å². The molecule has 0 fully saturated rings. The summed E-state index contributed by atoms with van der Waals surface area (Å²) >= 11 is 0. The summed E-state index contributed by atoms with van der Waals surface area (Å²) in [6, 6.07) is 1.06. The molecule has 8 heavy (non-hydrogen) atoms. The second-order valence-electron chi connectivity index (χ2n) is 1.23. The summed E-state index contributed by atoms with van der Waals surface area (Å²) < 4.78 is 0. The Morgan fingerprint density at radius 3 is 1.88 bits per heavy atom. The summed E-state index contributed by atoms with van der Waals surface area (Å²) in [5.74, 6) is -0.449. The first kappa shape index (κ1) is 4.83. The highest BCUT2D eigenvalue weighted by Gasteiger charge is 1.88. The Morgan fingerprint density at radius 1 is 1.12 bits per heavy atom. The van der Waals surface area contributed by atoms with E-state index >= 15 is 0 Å². The monoisotopic (exact) mass is 115 g/mol. The van der Waals surface area contributed by atoms with Crippen LogP contribution in [0.3, 0.4) is 0 Å². The van der Waals surface area contributed by atoms with Crippen LogP contribution in [-0.4, -0.2) is 20.2 Å². The van der Waals surface area contributed by atoms with Gasteiger partial charge in [-0.25, -0.2) is 9.97 Å². The summed E-state index contributed by atoms with van der Waals surface area (Å²) in [4.78, 5) is 6.65. The Labute approximate surface area is 45.5 Å². The fourth-order valence-electron chi connectivity index (χ4n) is 0.337. The first-order valence-corrected chi connectivity index (χ1v) is 1.99. The summed E-state index contributed by atoms with van der Waals surface area (Å²) in [5, 5.41) is 17.0. The zero-order valence-corrected chi connectivity index (χ0v) is 3.94. The highest BCUT2D eigenvalue weighted by molar-refractivity contribution is 5.14. The summed E-state index contributed by atoms with van der Waals surface area (Å²) in [5.41, 5.74) is 0. The zero-order valence-electron chi connectivity index (χ0n) is 3.94. The molecule has 0 unspecified atom stereocenters. The first-order chi connectivity index (χ1) is 3.79.